The number of fused-ring (bicyclic) bond motifs is 1. The van der Waals surface area contributed by atoms with Crippen LogP contribution in [-0.2, 0) is 4.74 Å². The summed E-state index contributed by atoms with van der Waals surface area (Å²) in [6, 6.07) is 1.13. The van der Waals surface area contributed by atoms with Crippen molar-refractivity contribution in [2.24, 2.45) is 0 Å². The number of oxazole rings is 1. The van der Waals surface area contributed by atoms with Crippen LogP contribution in [0.1, 0.15) is 36.0 Å². The van der Waals surface area contributed by atoms with Crippen LogP contribution in [0.3, 0.4) is 0 Å². The minimum Gasteiger partial charge on any atom is -0.493 e. The normalized spacial score (nSPS) is 11.0. The quantitative estimate of drug-likeness (QED) is 0.578. The Morgan fingerprint density at radius 3 is 2.87 bits per heavy atom. The van der Waals surface area contributed by atoms with Gasteiger partial charge in [-0.3, -0.25) is 4.79 Å². The van der Waals surface area contributed by atoms with Gasteiger partial charge in [0.05, 0.1) is 7.11 Å². The van der Waals surface area contributed by atoms with E-state index >= 15 is 0 Å². The molecule has 2 aromatic rings. The molecule has 7 heteroatoms. The molecule has 2 rings (SSSR count). The molecular formula is C16H21FN2O4. The van der Waals surface area contributed by atoms with Crippen molar-refractivity contribution >= 4 is 17.0 Å². The summed E-state index contributed by atoms with van der Waals surface area (Å²) in [7, 11) is 2.96. The van der Waals surface area contributed by atoms with Crippen LogP contribution in [0.4, 0.5) is 4.39 Å². The van der Waals surface area contributed by atoms with Gasteiger partial charge in [0, 0.05) is 26.6 Å². The summed E-state index contributed by atoms with van der Waals surface area (Å²) in [5, 5.41) is 0. The Kier molecular flexibility index (Phi) is 5.54. The van der Waals surface area contributed by atoms with E-state index in [9.17, 15) is 9.18 Å². The topological polar surface area (TPSA) is 64.8 Å². The molecule has 0 fully saturated rings. The van der Waals surface area contributed by atoms with E-state index < -0.39 is 11.7 Å². The van der Waals surface area contributed by atoms with E-state index in [1.165, 1.54) is 12.0 Å². The zero-order chi connectivity index (χ0) is 17.0. The number of unbranched alkanes of at least 4 members (excludes halogenated alkanes) is 1. The third-order valence-corrected chi connectivity index (χ3v) is 3.40. The molecule has 0 atom stereocenters. The fourth-order valence-corrected chi connectivity index (χ4v) is 2.18. The van der Waals surface area contributed by atoms with Crippen molar-refractivity contribution in [1.29, 1.82) is 0 Å². The molecule has 1 aromatic heterocycles. The fraction of sp³-hybridized carbons (Fsp3) is 0.500. The Morgan fingerprint density at radius 1 is 1.48 bits per heavy atom. The summed E-state index contributed by atoms with van der Waals surface area (Å²) in [6.07, 6.45) is 1.91. The molecule has 0 aliphatic rings. The van der Waals surface area contributed by atoms with Gasteiger partial charge in [-0.1, -0.05) is 13.3 Å². The predicted octanol–water partition coefficient (Wildman–Crippen LogP) is 3.13. The van der Waals surface area contributed by atoms with Crippen molar-refractivity contribution < 1.29 is 23.1 Å². The van der Waals surface area contributed by atoms with Gasteiger partial charge in [0.2, 0.25) is 0 Å². The number of carbonyl (C=O) groups excluding carboxylic acids is 1. The van der Waals surface area contributed by atoms with Crippen molar-refractivity contribution in [3.05, 3.63) is 23.3 Å². The van der Waals surface area contributed by atoms with Crippen LogP contribution in [0.15, 0.2) is 10.5 Å². The molecule has 0 radical (unpaired) electrons. The zero-order valence-electron chi connectivity index (χ0n) is 13.8. The van der Waals surface area contributed by atoms with Crippen LogP contribution in [0.25, 0.3) is 11.1 Å². The molecule has 0 aliphatic carbocycles. The van der Waals surface area contributed by atoms with E-state index in [1.807, 2.05) is 0 Å². The number of hydrogen-bond acceptors (Lipinski definition) is 5. The summed E-state index contributed by atoms with van der Waals surface area (Å²) in [4.78, 5) is 18.0. The van der Waals surface area contributed by atoms with E-state index in [4.69, 9.17) is 13.9 Å². The first-order valence-corrected chi connectivity index (χ1v) is 7.46. The minimum absolute atomic E-state index is 0.0859. The van der Waals surface area contributed by atoms with Gasteiger partial charge in [-0.2, -0.15) is 0 Å². The smallest absolute Gasteiger partial charge is 0.260 e. The molecule has 0 aliphatic heterocycles. The number of amides is 1. The van der Waals surface area contributed by atoms with Crippen LogP contribution < -0.4 is 4.74 Å². The molecule has 1 amide bonds. The molecule has 0 spiro atoms. The van der Waals surface area contributed by atoms with Gasteiger partial charge in [0.25, 0.3) is 5.91 Å². The molecule has 0 saturated heterocycles. The highest BCUT2D eigenvalue weighted by molar-refractivity contribution is 6.05. The maximum atomic E-state index is 14.4. The van der Waals surface area contributed by atoms with Crippen molar-refractivity contribution in [3.63, 3.8) is 0 Å². The highest BCUT2D eigenvalue weighted by atomic mass is 19.1. The number of methoxy groups -OCH3 is 1. The Morgan fingerprint density at radius 2 is 2.22 bits per heavy atom. The van der Waals surface area contributed by atoms with Gasteiger partial charge < -0.3 is 18.8 Å². The van der Waals surface area contributed by atoms with E-state index in [1.54, 1.807) is 14.0 Å². The largest absolute Gasteiger partial charge is 0.493 e. The van der Waals surface area contributed by atoms with Gasteiger partial charge in [-0.15, -0.1) is 0 Å². The number of hydrogen-bond donors (Lipinski definition) is 0. The summed E-state index contributed by atoms with van der Waals surface area (Å²) >= 11 is 0. The first kappa shape index (κ1) is 17.2. The molecule has 0 unspecified atom stereocenters. The maximum Gasteiger partial charge on any atom is 0.260 e. The lowest BCUT2D eigenvalue weighted by atomic mass is 10.1. The number of carbonyl (C=O) groups is 1. The lowest BCUT2D eigenvalue weighted by Crippen LogP contribution is -2.30. The van der Waals surface area contributed by atoms with Crippen molar-refractivity contribution in [1.82, 2.24) is 9.88 Å². The third-order valence-electron chi connectivity index (χ3n) is 3.40. The zero-order valence-corrected chi connectivity index (χ0v) is 13.8. The number of rotatable bonds is 7. The molecule has 0 saturated carbocycles. The average Bonchev–Trinajstić information content (AvgIpc) is 2.91. The number of aromatic nitrogens is 1. The van der Waals surface area contributed by atoms with Crippen molar-refractivity contribution in [2.45, 2.75) is 26.7 Å². The first-order chi connectivity index (χ1) is 11.0. The van der Waals surface area contributed by atoms with Crippen LogP contribution in [0.2, 0.25) is 0 Å². The first-order valence-electron chi connectivity index (χ1n) is 7.46. The SMILES string of the molecule is CCCCOCN(C)C(=O)c1c(F)cc(OC)c2oc(C)nc12. The maximum absolute atomic E-state index is 14.4. The van der Waals surface area contributed by atoms with Crippen LogP contribution >= 0.6 is 0 Å². The second-order valence-electron chi connectivity index (χ2n) is 5.24. The number of ether oxygens (including phenoxy) is 2. The standard InChI is InChI=1S/C16H21FN2O4/c1-5-6-7-22-9-19(3)16(20)13-11(17)8-12(21-4)15-14(13)18-10(2)23-15/h8H,5-7,9H2,1-4H3. The second kappa shape index (κ2) is 7.41. The number of nitrogens with zero attached hydrogens (tertiary/aromatic N) is 2. The highest BCUT2D eigenvalue weighted by Crippen LogP contribution is 2.31. The third kappa shape index (κ3) is 3.61. The highest BCUT2D eigenvalue weighted by Gasteiger charge is 2.25. The molecule has 23 heavy (non-hydrogen) atoms. The number of aryl methyl sites for hydroxylation is 1. The van der Waals surface area contributed by atoms with Crippen molar-refractivity contribution in [3.8, 4) is 5.75 Å². The summed E-state index contributed by atoms with van der Waals surface area (Å²) in [5.74, 6) is -0.677. The average molecular weight is 324 g/mol. The molecule has 6 nitrogen and oxygen atoms in total. The Balaban J connectivity index is 2.31. The van der Waals surface area contributed by atoms with Gasteiger partial charge in [0.1, 0.15) is 23.6 Å². The molecule has 0 bridgehead atoms. The summed E-state index contributed by atoms with van der Waals surface area (Å²) in [5.41, 5.74) is 0.277. The van der Waals surface area contributed by atoms with E-state index in [0.29, 0.717) is 12.5 Å². The molecule has 126 valence electrons. The van der Waals surface area contributed by atoms with E-state index in [2.05, 4.69) is 11.9 Å². The second-order valence-corrected chi connectivity index (χ2v) is 5.24. The van der Waals surface area contributed by atoms with E-state index in [0.717, 1.165) is 18.9 Å². The summed E-state index contributed by atoms with van der Waals surface area (Å²) < 4.78 is 30.3. The molecule has 0 N–H and O–H groups in total. The van der Waals surface area contributed by atoms with E-state index in [-0.39, 0.29) is 29.1 Å². The number of halogens is 1. The minimum atomic E-state index is -0.701. The lowest BCUT2D eigenvalue weighted by molar-refractivity contribution is 0.0325. The lowest BCUT2D eigenvalue weighted by Gasteiger charge is -2.18. The monoisotopic (exact) mass is 324 g/mol. The molecule has 1 aromatic carbocycles. The van der Waals surface area contributed by atoms with Gasteiger partial charge in [0.15, 0.2) is 17.2 Å². The Bertz CT molecular complexity index is 699. The van der Waals surface area contributed by atoms with Gasteiger partial charge in [-0.25, -0.2) is 9.37 Å². The fourth-order valence-electron chi connectivity index (χ4n) is 2.18. The predicted molar refractivity (Wildman–Crippen MR) is 83.1 cm³/mol. The molecular weight excluding hydrogens is 303 g/mol. The Hall–Kier alpha value is -2.15. The van der Waals surface area contributed by atoms with Crippen LogP contribution in [0.5, 0.6) is 5.75 Å². The van der Waals surface area contributed by atoms with Crippen LogP contribution in [0, 0.1) is 12.7 Å². The van der Waals surface area contributed by atoms with Crippen LogP contribution in [-0.4, -0.2) is 43.3 Å². The van der Waals surface area contributed by atoms with Gasteiger partial charge >= 0.3 is 0 Å². The number of benzene rings is 1. The molecule has 1 heterocycles. The summed E-state index contributed by atoms with van der Waals surface area (Å²) in [6.45, 7) is 4.32. The van der Waals surface area contributed by atoms with Gasteiger partial charge in [-0.05, 0) is 6.42 Å². The Labute approximate surface area is 134 Å². The van der Waals surface area contributed by atoms with Crippen molar-refractivity contribution in [2.75, 3.05) is 27.5 Å².